The van der Waals surface area contributed by atoms with Crippen LogP contribution < -0.4 is 5.11 Å². The van der Waals surface area contributed by atoms with Crippen LogP contribution in [0.15, 0.2) is 0 Å². The van der Waals surface area contributed by atoms with Gasteiger partial charge in [0.2, 0.25) is 0 Å². The minimum absolute atomic E-state index is 0. The normalized spacial score (nSPS) is 46.4. The van der Waals surface area contributed by atoms with Gasteiger partial charge in [0.25, 0.3) is 0 Å². The van der Waals surface area contributed by atoms with Crippen LogP contribution in [-0.4, -0.2) is 95.4 Å². The summed E-state index contributed by atoms with van der Waals surface area (Å²) in [6.07, 6.45) is -11.3. The molecule has 0 aromatic heterocycles. The molecule has 0 spiro atoms. The second-order valence-electron chi connectivity index (χ2n) is 6.16. The molecule has 0 aromatic rings. The number of carboxylic acid groups (broad SMARTS) is 1. The van der Waals surface area contributed by atoms with Gasteiger partial charge >= 0.3 is 0 Å². The van der Waals surface area contributed by atoms with Gasteiger partial charge in [-0.05, 0) is 0 Å². The summed E-state index contributed by atoms with van der Waals surface area (Å²) >= 11 is 0. The fraction of sp³-hybridized carbons (Fsp3) is 0.929. The van der Waals surface area contributed by atoms with Crippen LogP contribution >= 0.6 is 0 Å². The molecule has 0 amide bonds. The number of aliphatic hydroxyl groups excluding tert-OH is 4. The first-order valence-electron chi connectivity index (χ1n) is 7.79. The predicted molar refractivity (Wildman–Crippen MR) is 76.6 cm³/mol. The van der Waals surface area contributed by atoms with Gasteiger partial charge in [-0.15, -0.1) is 0 Å². The van der Waals surface area contributed by atoms with Gasteiger partial charge in [0.1, 0.15) is 30.7 Å². The molecular formula is C14H23NO10Y-2. The Kier molecular flexibility index (Phi) is 9.44. The second-order valence-corrected chi connectivity index (χ2v) is 6.16. The van der Waals surface area contributed by atoms with Crippen molar-refractivity contribution in [2.45, 2.75) is 62.2 Å². The zero-order valence-corrected chi connectivity index (χ0v) is 17.1. The first kappa shape index (κ1) is 24.3. The van der Waals surface area contributed by atoms with Crippen molar-refractivity contribution in [3.8, 4) is 0 Å². The van der Waals surface area contributed by atoms with E-state index in [-0.39, 0.29) is 32.7 Å². The fourth-order valence-corrected chi connectivity index (χ4v) is 2.97. The molecule has 0 bridgehead atoms. The summed E-state index contributed by atoms with van der Waals surface area (Å²) in [5.41, 5.74) is 7.86. The third-order valence-electron chi connectivity index (χ3n) is 4.53. The summed E-state index contributed by atoms with van der Waals surface area (Å²) in [4.78, 5) is 11.1. The van der Waals surface area contributed by atoms with Crippen molar-refractivity contribution in [1.82, 2.24) is 0 Å². The average molecular weight is 454 g/mol. The molecule has 0 aliphatic carbocycles. The number of carbonyl (C=O) groups is 1. The Labute approximate surface area is 175 Å². The second kappa shape index (κ2) is 10.1. The zero-order valence-electron chi connectivity index (χ0n) is 14.3. The maximum Gasteiger partial charge on any atom is 0.187 e. The summed E-state index contributed by atoms with van der Waals surface area (Å²) in [7, 11) is 1.27. The number of hydrogen-bond acceptors (Lipinski definition) is 10. The van der Waals surface area contributed by atoms with Crippen LogP contribution in [-0.2, 0) is 56.5 Å². The minimum Gasteiger partial charge on any atom is -0.668 e. The van der Waals surface area contributed by atoms with Crippen molar-refractivity contribution in [2.75, 3.05) is 13.7 Å². The SMILES string of the molecule is CO[C@H]1O[C@H](CO)[C@@H](O[C@@H]2OC(C(=O)[O-])[C@H](C)[C@H](O)C2O)C(O)C1[NH-].[Y]. The molecule has 0 saturated carbocycles. The van der Waals surface area contributed by atoms with E-state index in [1.807, 2.05) is 0 Å². The van der Waals surface area contributed by atoms with Gasteiger partial charge in [-0.1, -0.05) is 13.0 Å². The number of aliphatic carboxylic acids is 1. The topological polar surface area (TPSA) is 182 Å². The first-order valence-corrected chi connectivity index (χ1v) is 7.79. The van der Waals surface area contributed by atoms with Crippen LogP contribution in [0.5, 0.6) is 0 Å². The average Bonchev–Trinajstić information content (AvgIpc) is 2.58. The van der Waals surface area contributed by atoms with Gasteiger partial charge in [-0.2, -0.15) is 0 Å². The molecule has 26 heavy (non-hydrogen) atoms. The Morgan fingerprint density at radius 3 is 2.27 bits per heavy atom. The summed E-state index contributed by atoms with van der Waals surface area (Å²) in [5.74, 6) is -2.55. The quantitative estimate of drug-likeness (QED) is 0.323. The zero-order chi connectivity index (χ0) is 18.9. The third kappa shape index (κ3) is 4.79. The summed E-state index contributed by atoms with van der Waals surface area (Å²) in [5, 5.41) is 50.8. The molecule has 149 valence electrons. The maximum atomic E-state index is 11.1. The van der Waals surface area contributed by atoms with E-state index in [0.717, 1.165) is 0 Å². The summed E-state index contributed by atoms with van der Waals surface area (Å²) < 4.78 is 20.7. The number of ether oxygens (including phenoxy) is 4. The van der Waals surface area contributed by atoms with Crippen LogP contribution in [0.25, 0.3) is 5.73 Å². The Morgan fingerprint density at radius 2 is 1.77 bits per heavy atom. The largest absolute Gasteiger partial charge is 0.668 e. The molecule has 2 saturated heterocycles. The molecule has 1 radical (unpaired) electrons. The molecule has 0 aromatic carbocycles. The van der Waals surface area contributed by atoms with Crippen molar-refractivity contribution in [3.05, 3.63) is 5.73 Å². The van der Waals surface area contributed by atoms with E-state index in [4.69, 9.17) is 24.7 Å². The number of aliphatic hydroxyl groups is 4. The van der Waals surface area contributed by atoms with E-state index < -0.39 is 73.7 Å². The number of methoxy groups -OCH3 is 1. The van der Waals surface area contributed by atoms with Crippen LogP contribution in [0.1, 0.15) is 6.92 Å². The molecule has 4 unspecified atom stereocenters. The van der Waals surface area contributed by atoms with Crippen molar-refractivity contribution >= 4 is 5.97 Å². The van der Waals surface area contributed by atoms with Gasteiger partial charge in [0.15, 0.2) is 6.29 Å². The van der Waals surface area contributed by atoms with Crippen LogP contribution in [0.2, 0.25) is 0 Å². The van der Waals surface area contributed by atoms with Gasteiger partial charge in [0, 0.05) is 45.7 Å². The summed E-state index contributed by atoms with van der Waals surface area (Å²) in [6, 6.07) is -1.28. The standard InChI is InChI=1S/C14H24NO10.Y/c1-4-7(17)9(19)14(24-10(4)12(20)21)25-11-5(3-16)23-13(22-2)6(15)8(11)18;/h4-11,13-19H,3H2,1-2H3,(H,20,21);/q-1;/p-1/t4-,5-,6?,7+,8?,9?,10?,11-,13+,14+;/m1./s1. The smallest absolute Gasteiger partial charge is 0.187 e. The Morgan fingerprint density at radius 1 is 1.15 bits per heavy atom. The number of nitrogens with one attached hydrogen (secondary N) is 1. The van der Waals surface area contributed by atoms with E-state index in [9.17, 15) is 30.3 Å². The van der Waals surface area contributed by atoms with Gasteiger partial charge < -0.3 is 55.0 Å². The van der Waals surface area contributed by atoms with Crippen LogP contribution in [0.4, 0.5) is 0 Å². The van der Waals surface area contributed by atoms with Crippen molar-refractivity contribution in [2.24, 2.45) is 5.92 Å². The van der Waals surface area contributed by atoms with Crippen LogP contribution in [0, 0.1) is 5.92 Å². The molecule has 5 N–H and O–H groups in total. The fourth-order valence-electron chi connectivity index (χ4n) is 2.97. The van der Waals surface area contributed by atoms with Crippen molar-refractivity contribution in [3.63, 3.8) is 0 Å². The molecule has 10 atom stereocenters. The maximum absolute atomic E-state index is 11.1. The number of carboxylic acids is 1. The van der Waals surface area contributed by atoms with Gasteiger partial charge in [-0.3, -0.25) is 0 Å². The molecule has 2 heterocycles. The van der Waals surface area contributed by atoms with Gasteiger partial charge in [-0.25, -0.2) is 0 Å². The molecule has 2 aliphatic heterocycles. The van der Waals surface area contributed by atoms with E-state index in [2.05, 4.69) is 0 Å². The third-order valence-corrected chi connectivity index (χ3v) is 4.53. The van der Waals surface area contributed by atoms with Crippen molar-refractivity contribution < 1.29 is 82.0 Å². The molecule has 2 fully saturated rings. The predicted octanol–water partition coefficient (Wildman–Crippen LogP) is -3.65. The van der Waals surface area contributed by atoms with Crippen molar-refractivity contribution in [1.29, 1.82) is 0 Å². The Balaban J connectivity index is 0.00000338. The van der Waals surface area contributed by atoms with E-state index in [1.165, 1.54) is 14.0 Å². The number of rotatable bonds is 5. The first-order chi connectivity index (χ1) is 11.7. The van der Waals surface area contributed by atoms with Gasteiger partial charge in [0.05, 0.1) is 24.8 Å². The monoisotopic (exact) mass is 454 g/mol. The van der Waals surface area contributed by atoms with Crippen LogP contribution in [0.3, 0.4) is 0 Å². The molecule has 12 heteroatoms. The minimum atomic E-state index is -1.63. The van der Waals surface area contributed by atoms with E-state index in [0.29, 0.717) is 0 Å². The molecular weight excluding hydrogens is 431 g/mol. The Hall–Kier alpha value is 0.214. The summed E-state index contributed by atoms with van der Waals surface area (Å²) in [6.45, 7) is 0.767. The molecule has 2 rings (SSSR count). The number of carbonyl (C=O) groups excluding carboxylic acids is 1. The van der Waals surface area contributed by atoms with E-state index in [1.54, 1.807) is 0 Å². The number of hydrogen-bond donors (Lipinski definition) is 4. The Bertz CT molecular complexity index is 469. The molecule has 11 nitrogen and oxygen atoms in total. The molecule has 2 aliphatic rings. The van der Waals surface area contributed by atoms with E-state index >= 15 is 0 Å².